The number of aryl methyl sites for hydroxylation is 4. The maximum atomic E-state index is 12.3. The van der Waals surface area contributed by atoms with E-state index >= 15 is 0 Å². The number of hydrogen-bond donors (Lipinski definition) is 4. The van der Waals surface area contributed by atoms with Crippen molar-refractivity contribution in [2.75, 3.05) is 10.6 Å². The summed E-state index contributed by atoms with van der Waals surface area (Å²) in [6, 6.07) is 13.1. The van der Waals surface area contributed by atoms with Crippen LogP contribution in [0, 0.1) is 27.7 Å². The molecule has 0 saturated heterocycles. The van der Waals surface area contributed by atoms with Crippen molar-refractivity contribution in [1.82, 2.24) is 15.0 Å². The highest BCUT2D eigenvalue weighted by Crippen LogP contribution is 2.30. The van der Waals surface area contributed by atoms with E-state index in [1.807, 2.05) is 27.7 Å². The van der Waals surface area contributed by atoms with Crippen LogP contribution >= 0.6 is 0 Å². The lowest BCUT2D eigenvalue weighted by Crippen LogP contribution is -2.17. The first-order chi connectivity index (χ1) is 20.2. The highest BCUT2D eigenvalue weighted by atomic mass is 32.2. The first kappa shape index (κ1) is 31.2. The summed E-state index contributed by atoms with van der Waals surface area (Å²) in [5.74, 6) is 0.141. The molecule has 0 bridgehead atoms. The van der Waals surface area contributed by atoms with Crippen molar-refractivity contribution in [3.05, 3.63) is 92.4 Å². The Bertz CT molecular complexity index is 1840. The van der Waals surface area contributed by atoms with Gasteiger partial charge in [-0.3, -0.25) is 14.3 Å². The van der Waals surface area contributed by atoms with Crippen molar-refractivity contribution < 1.29 is 17.8 Å². The number of azo groups is 1. The molecule has 4 rings (SSSR count). The van der Waals surface area contributed by atoms with Crippen LogP contribution in [0.15, 0.2) is 68.4 Å². The Hall–Kier alpha value is -4.75. The number of rotatable bonds is 10. The Kier molecular flexibility index (Phi) is 9.16. The second-order valence-corrected chi connectivity index (χ2v) is 11.9. The number of hydrogen-bond acceptors (Lipinski definition) is 10. The Morgan fingerprint density at radius 3 is 2.02 bits per heavy atom. The van der Waals surface area contributed by atoms with Crippen molar-refractivity contribution in [2.45, 2.75) is 58.9 Å². The van der Waals surface area contributed by atoms with Gasteiger partial charge in [0.15, 0.2) is 5.78 Å². The number of carbonyl (C=O) groups is 1. The van der Waals surface area contributed by atoms with Crippen molar-refractivity contribution in [3.8, 4) is 0 Å². The number of Topliss-reactive ketones (excluding diaryl/α,β-unsaturated/α-hetero) is 1. The van der Waals surface area contributed by atoms with E-state index in [9.17, 15) is 18.0 Å². The number of H-pyrrole nitrogens is 1. The minimum atomic E-state index is -4.32. The van der Waals surface area contributed by atoms with E-state index in [-0.39, 0.29) is 22.6 Å². The van der Waals surface area contributed by atoms with Crippen molar-refractivity contribution in [2.24, 2.45) is 10.2 Å². The Morgan fingerprint density at radius 2 is 1.49 bits per heavy atom. The van der Waals surface area contributed by atoms with E-state index in [1.165, 1.54) is 31.2 Å². The van der Waals surface area contributed by atoms with Crippen LogP contribution in [0.25, 0.3) is 0 Å². The average molecular weight is 604 g/mol. The molecule has 1 heterocycles. The lowest BCUT2D eigenvalue weighted by molar-refractivity contribution is -0.117. The van der Waals surface area contributed by atoms with E-state index in [4.69, 9.17) is 4.55 Å². The largest absolute Gasteiger partial charge is 0.351 e. The van der Waals surface area contributed by atoms with E-state index in [2.05, 4.69) is 60.1 Å². The Balaban J connectivity index is 1.52. The van der Waals surface area contributed by atoms with Gasteiger partial charge in [0.1, 0.15) is 6.04 Å². The third-order valence-electron chi connectivity index (χ3n) is 6.77. The summed E-state index contributed by atoms with van der Waals surface area (Å²) in [7, 11) is -4.32. The molecule has 0 aliphatic rings. The van der Waals surface area contributed by atoms with Crippen LogP contribution in [-0.2, 0) is 21.3 Å². The Morgan fingerprint density at radius 1 is 0.930 bits per heavy atom. The predicted molar refractivity (Wildman–Crippen MR) is 165 cm³/mol. The zero-order valence-electron chi connectivity index (χ0n) is 24.7. The summed E-state index contributed by atoms with van der Waals surface area (Å²) in [5.41, 5.74) is 7.39. The van der Waals surface area contributed by atoms with Gasteiger partial charge in [0.05, 0.1) is 10.6 Å². The van der Waals surface area contributed by atoms with Gasteiger partial charge in [0.25, 0.3) is 10.1 Å². The van der Waals surface area contributed by atoms with Gasteiger partial charge in [-0.05, 0) is 106 Å². The minimum absolute atomic E-state index is 0.0339. The molecule has 4 N–H and O–H groups in total. The summed E-state index contributed by atoms with van der Waals surface area (Å²) in [6.45, 7) is 11.1. The van der Waals surface area contributed by atoms with Crippen molar-refractivity contribution in [3.63, 3.8) is 0 Å². The van der Waals surface area contributed by atoms with Gasteiger partial charge >= 0.3 is 5.69 Å². The molecular weight excluding hydrogens is 570 g/mol. The number of aromatic nitrogens is 3. The van der Waals surface area contributed by atoms with Crippen LogP contribution in [0.3, 0.4) is 0 Å². The molecule has 1 aromatic heterocycles. The van der Waals surface area contributed by atoms with Crippen LogP contribution in [0.2, 0.25) is 0 Å². The molecule has 224 valence electrons. The molecule has 1 unspecified atom stereocenters. The summed E-state index contributed by atoms with van der Waals surface area (Å²) in [4.78, 5) is 34.3. The van der Waals surface area contributed by atoms with Crippen LogP contribution in [-0.4, -0.2) is 39.7 Å². The van der Waals surface area contributed by atoms with Crippen LogP contribution in [0.4, 0.5) is 29.0 Å². The standard InChI is InChI=1S/C30H33N7O5S/c1-16-11-22(15-23-13-18(3)27(19(4)14-23)37-36-20(5)21(6)38)12-17(2)26(16)32-29-33-28(34-30(39)35-29)31-24-7-9-25(10-8-24)43(40,41)42/h7-14,20H,15H2,1-6H3,(H,40,41,42)(H3,31,32,33,34,35,39). The van der Waals surface area contributed by atoms with E-state index in [1.54, 1.807) is 6.92 Å². The fourth-order valence-electron chi connectivity index (χ4n) is 4.58. The van der Waals surface area contributed by atoms with E-state index < -0.39 is 21.8 Å². The van der Waals surface area contributed by atoms with Gasteiger partial charge in [0.2, 0.25) is 11.9 Å². The van der Waals surface area contributed by atoms with Gasteiger partial charge < -0.3 is 10.6 Å². The molecule has 0 aliphatic heterocycles. The second-order valence-electron chi connectivity index (χ2n) is 10.4. The highest BCUT2D eigenvalue weighted by Gasteiger charge is 2.13. The predicted octanol–water partition coefficient (Wildman–Crippen LogP) is 5.78. The lowest BCUT2D eigenvalue weighted by atomic mass is 9.96. The zero-order valence-corrected chi connectivity index (χ0v) is 25.5. The lowest BCUT2D eigenvalue weighted by Gasteiger charge is -2.15. The number of carbonyl (C=O) groups excluding carboxylic acids is 1. The molecule has 43 heavy (non-hydrogen) atoms. The van der Waals surface area contributed by atoms with E-state index in [0.29, 0.717) is 12.1 Å². The molecule has 0 amide bonds. The van der Waals surface area contributed by atoms with Crippen molar-refractivity contribution in [1.29, 1.82) is 0 Å². The maximum absolute atomic E-state index is 12.3. The number of anilines is 4. The monoisotopic (exact) mass is 603 g/mol. The SMILES string of the molecule is CC(=O)C(C)N=Nc1c(C)cc(Cc2cc(C)c(Nc3nc(Nc4ccc(S(=O)(=O)O)cc4)[nH]c(=O)n3)c(C)c2)cc1C. The summed E-state index contributed by atoms with van der Waals surface area (Å²) in [5, 5.41) is 14.5. The van der Waals surface area contributed by atoms with Crippen molar-refractivity contribution >= 4 is 44.9 Å². The molecule has 0 fully saturated rings. The van der Waals surface area contributed by atoms with Gasteiger partial charge in [-0.25, -0.2) is 4.79 Å². The molecule has 0 saturated carbocycles. The first-order valence-electron chi connectivity index (χ1n) is 13.4. The van der Waals surface area contributed by atoms with Crippen LogP contribution in [0.5, 0.6) is 0 Å². The molecule has 0 aliphatic carbocycles. The Labute approximate surface area is 249 Å². The van der Waals surface area contributed by atoms with Gasteiger partial charge in [-0.15, -0.1) is 0 Å². The highest BCUT2D eigenvalue weighted by molar-refractivity contribution is 7.85. The second kappa shape index (κ2) is 12.6. The van der Waals surface area contributed by atoms with Gasteiger partial charge in [0, 0.05) is 11.4 Å². The van der Waals surface area contributed by atoms with Crippen LogP contribution < -0.4 is 16.3 Å². The number of benzene rings is 3. The smallest absolute Gasteiger partial charge is 0.326 e. The third kappa shape index (κ3) is 7.96. The number of nitrogens with one attached hydrogen (secondary N) is 3. The zero-order chi connectivity index (χ0) is 31.5. The summed E-state index contributed by atoms with van der Waals surface area (Å²) >= 11 is 0. The molecule has 13 heteroatoms. The number of aromatic amines is 1. The molecule has 12 nitrogen and oxygen atoms in total. The van der Waals surface area contributed by atoms with E-state index in [0.717, 1.165) is 44.8 Å². The fourth-order valence-corrected chi connectivity index (χ4v) is 5.06. The quantitative estimate of drug-likeness (QED) is 0.129. The molecule has 0 radical (unpaired) electrons. The molecule has 0 spiro atoms. The maximum Gasteiger partial charge on any atom is 0.351 e. The number of nitrogens with zero attached hydrogens (tertiary/aromatic N) is 4. The normalized spacial score (nSPS) is 12.3. The summed E-state index contributed by atoms with van der Waals surface area (Å²) < 4.78 is 31.7. The third-order valence-corrected chi connectivity index (χ3v) is 7.64. The first-order valence-corrected chi connectivity index (χ1v) is 14.8. The summed E-state index contributed by atoms with van der Waals surface area (Å²) in [6.07, 6.45) is 0.691. The molecule has 3 aromatic carbocycles. The molecule has 1 atom stereocenters. The number of ketones is 1. The van der Waals surface area contributed by atoms with Crippen LogP contribution in [0.1, 0.15) is 47.2 Å². The average Bonchev–Trinajstić information content (AvgIpc) is 2.89. The topological polar surface area (TPSA) is 179 Å². The molecular formula is C30H33N7O5S. The van der Waals surface area contributed by atoms with Gasteiger partial charge in [-0.2, -0.15) is 28.6 Å². The molecule has 4 aromatic rings. The minimum Gasteiger partial charge on any atom is -0.326 e. The van der Waals surface area contributed by atoms with Gasteiger partial charge in [-0.1, -0.05) is 24.3 Å². The fraction of sp³-hybridized carbons (Fsp3) is 0.267.